The standard InChI is InChI=1S/C11H11FN2O/c1-6-7(2)14-11-9(6)3-8(12)4-10(11)13-5-15/h3-5,14H,1-2H3,(H,13,15). The number of carbonyl (C=O) groups is 1. The van der Waals surface area contributed by atoms with Crippen LogP contribution in [0.1, 0.15) is 11.3 Å². The third-order valence-corrected chi connectivity index (χ3v) is 2.60. The van der Waals surface area contributed by atoms with Crippen LogP contribution in [-0.4, -0.2) is 11.4 Å². The molecule has 0 aliphatic carbocycles. The smallest absolute Gasteiger partial charge is 0.211 e. The maximum atomic E-state index is 13.2. The molecule has 1 heterocycles. The molecule has 0 bridgehead atoms. The van der Waals surface area contributed by atoms with E-state index in [9.17, 15) is 9.18 Å². The monoisotopic (exact) mass is 206 g/mol. The van der Waals surface area contributed by atoms with Gasteiger partial charge in [-0.1, -0.05) is 0 Å². The van der Waals surface area contributed by atoms with Crippen molar-refractivity contribution in [1.29, 1.82) is 0 Å². The highest BCUT2D eigenvalue weighted by Crippen LogP contribution is 2.28. The van der Waals surface area contributed by atoms with Gasteiger partial charge < -0.3 is 10.3 Å². The number of nitrogens with one attached hydrogen (secondary N) is 2. The van der Waals surface area contributed by atoms with E-state index < -0.39 is 0 Å². The lowest BCUT2D eigenvalue weighted by Crippen LogP contribution is -1.95. The number of benzene rings is 1. The molecule has 0 saturated carbocycles. The second-order valence-electron chi connectivity index (χ2n) is 3.51. The fraction of sp³-hybridized carbons (Fsp3) is 0.182. The molecule has 0 radical (unpaired) electrons. The zero-order chi connectivity index (χ0) is 11.0. The first-order valence-electron chi connectivity index (χ1n) is 4.62. The van der Waals surface area contributed by atoms with Crippen LogP contribution in [0.4, 0.5) is 10.1 Å². The van der Waals surface area contributed by atoms with Crippen molar-refractivity contribution < 1.29 is 9.18 Å². The van der Waals surface area contributed by atoms with Gasteiger partial charge in [0, 0.05) is 11.1 Å². The van der Waals surface area contributed by atoms with Gasteiger partial charge in [0.1, 0.15) is 5.82 Å². The Bertz CT molecular complexity index is 531. The Labute approximate surface area is 86.3 Å². The number of aryl methyl sites for hydroxylation is 2. The number of rotatable bonds is 2. The van der Waals surface area contributed by atoms with E-state index in [0.717, 1.165) is 22.2 Å². The summed E-state index contributed by atoms with van der Waals surface area (Å²) in [6.07, 6.45) is 0.541. The first-order chi connectivity index (χ1) is 7.13. The van der Waals surface area contributed by atoms with Crippen LogP contribution in [0, 0.1) is 19.7 Å². The molecule has 0 fully saturated rings. The number of fused-ring (bicyclic) bond motifs is 1. The minimum atomic E-state index is -0.353. The van der Waals surface area contributed by atoms with E-state index in [1.54, 1.807) is 0 Å². The van der Waals surface area contributed by atoms with Gasteiger partial charge in [-0.2, -0.15) is 0 Å². The molecule has 0 aliphatic rings. The maximum absolute atomic E-state index is 13.2. The molecule has 4 heteroatoms. The van der Waals surface area contributed by atoms with Gasteiger partial charge in [0.2, 0.25) is 6.41 Å². The zero-order valence-electron chi connectivity index (χ0n) is 8.52. The first kappa shape index (κ1) is 9.71. The van der Waals surface area contributed by atoms with Gasteiger partial charge in [0.05, 0.1) is 11.2 Å². The number of anilines is 1. The third-order valence-electron chi connectivity index (χ3n) is 2.60. The van der Waals surface area contributed by atoms with Gasteiger partial charge in [-0.15, -0.1) is 0 Å². The molecule has 1 amide bonds. The van der Waals surface area contributed by atoms with Crippen LogP contribution in [-0.2, 0) is 4.79 Å². The summed E-state index contributed by atoms with van der Waals surface area (Å²) in [4.78, 5) is 13.5. The van der Waals surface area contributed by atoms with Gasteiger partial charge in [-0.05, 0) is 31.5 Å². The molecule has 0 saturated heterocycles. The van der Waals surface area contributed by atoms with Crippen LogP contribution >= 0.6 is 0 Å². The lowest BCUT2D eigenvalue weighted by atomic mass is 10.1. The topological polar surface area (TPSA) is 44.9 Å². The van der Waals surface area contributed by atoms with Crippen LogP contribution in [0.15, 0.2) is 12.1 Å². The summed E-state index contributed by atoms with van der Waals surface area (Å²) in [7, 11) is 0. The Morgan fingerprint density at radius 2 is 2.13 bits per heavy atom. The van der Waals surface area contributed by atoms with E-state index >= 15 is 0 Å². The third kappa shape index (κ3) is 1.48. The average Bonchev–Trinajstić information content (AvgIpc) is 2.46. The highest BCUT2D eigenvalue weighted by atomic mass is 19.1. The number of amides is 1. The van der Waals surface area contributed by atoms with E-state index in [2.05, 4.69) is 10.3 Å². The van der Waals surface area contributed by atoms with E-state index in [-0.39, 0.29) is 5.82 Å². The highest BCUT2D eigenvalue weighted by molar-refractivity contribution is 5.97. The maximum Gasteiger partial charge on any atom is 0.211 e. The largest absolute Gasteiger partial charge is 0.357 e. The van der Waals surface area contributed by atoms with Crippen LogP contribution in [0.2, 0.25) is 0 Å². The van der Waals surface area contributed by atoms with Crippen molar-refractivity contribution in [2.45, 2.75) is 13.8 Å². The van der Waals surface area contributed by atoms with Crippen LogP contribution in [0.25, 0.3) is 10.9 Å². The first-order valence-corrected chi connectivity index (χ1v) is 4.62. The molecule has 2 N–H and O–H groups in total. The Morgan fingerprint density at radius 1 is 1.40 bits per heavy atom. The molecule has 2 aromatic rings. The van der Waals surface area contributed by atoms with Gasteiger partial charge in [0.15, 0.2) is 0 Å². The summed E-state index contributed by atoms with van der Waals surface area (Å²) in [6.45, 7) is 3.83. The number of H-pyrrole nitrogens is 1. The highest BCUT2D eigenvalue weighted by Gasteiger charge is 2.09. The van der Waals surface area contributed by atoms with Gasteiger partial charge in [-0.25, -0.2) is 4.39 Å². The molecule has 0 unspecified atom stereocenters. The predicted octanol–water partition coefficient (Wildman–Crippen LogP) is 2.49. The van der Waals surface area contributed by atoms with Crippen LogP contribution < -0.4 is 5.32 Å². The molecule has 0 aliphatic heterocycles. The molecular weight excluding hydrogens is 195 g/mol. The summed E-state index contributed by atoms with van der Waals surface area (Å²) >= 11 is 0. The fourth-order valence-electron chi connectivity index (χ4n) is 1.70. The number of carbonyl (C=O) groups excluding carboxylic acids is 1. The van der Waals surface area contributed by atoms with Crippen molar-refractivity contribution in [1.82, 2.24) is 4.98 Å². The summed E-state index contributed by atoms with van der Waals surface area (Å²) < 4.78 is 13.2. The molecule has 0 atom stereocenters. The van der Waals surface area contributed by atoms with Crippen molar-refractivity contribution in [3.63, 3.8) is 0 Å². The van der Waals surface area contributed by atoms with E-state index in [4.69, 9.17) is 0 Å². The lowest BCUT2D eigenvalue weighted by molar-refractivity contribution is -0.105. The lowest BCUT2D eigenvalue weighted by Gasteiger charge is -2.01. The Morgan fingerprint density at radius 3 is 2.80 bits per heavy atom. The van der Waals surface area contributed by atoms with Crippen molar-refractivity contribution in [2.24, 2.45) is 0 Å². The van der Waals surface area contributed by atoms with Crippen molar-refractivity contribution in [3.05, 3.63) is 29.2 Å². The minimum Gasteiger partial charge on any atom is -0.357 e. The quantitative estimate of drug-likeness (QED) is 0.728. The van der Waals surface area contributed by atoms with Crippen molar-refractivity contribution >= 4 is 23.0 Å². The minimum absolute atomic E-state index is 0.353. The van der Waals surface area contributed by atoms with E-state index in [1.807, 2.05) is 13.8 Å². The van der Waals surface area contributed by atoms with Gasteiger partial charge >= 0.3 is 0 Å². The molecule has 1 aromatic heterocycles. The van der Waals surface area contributed by atoms with Gasteiger partial charge in [-0.3, -0.25) is 4.79 Å². The second kappa shape index (κ2) is 3.38. The Balaban J connectivity index is 2.79. The Kier molecular flexibility index (Phi) is 2.19. The van der Waals surface area contributed by atoms with E-state index in [0.29, 0.717) is 12.1 Å². The normalized spacial score (nSPS) is 10.6. The number of hydrogen-bond acceptors (Lipinski definition) is 1. The van der Waals surface area contributed by atoms with E-state index in [1.165, 1.54) is 12.1 Å². The SMILES string of the molecule is Cc1[nH]c2c(NC=O)cc(F)cc2c1C. The summed E-state index contributed by atoms with van der Waals surface area (Å²) in [5, 5.41) is 3.28. The predicted molar refractivity (Wildman–Crippen MR) is 57.4 cm³/mol. The van der Waals surface area contributed by atoms with Crippen molar-refractivity contribution in [3.8, 4) is 0 Å². The number of aromatic nitrogens is 1. The molecule has 0 spiro atoms. The summed E-state index contributed by atoms with van der Waals surface area (Å²) in [6, 6.07) is 2.76. The summed E-state index contributed by atoms with van der Waals surface area (Å²) in [5.41, 5.74) is 3.21. The number of aromatic amines is 1. The van der Waals surface area contributed by atoms with Gasteiger partial charge in [0.25, 0.3) is 0 Å². The number of halogens is 1. The average molecular weight is 206 g/mol. The molecule has 15 heavy (non-hydrogen) atoms. The molecule has 78 valence electrons. The fourth-order valence-corrected chi connectivity index (χ4v) is 1.70. The second-order valence-corrected chi connectivity index (χ2v) is 3.51. The molecule has 1 aromatic carbocycles. The molecular formula is C11H11FN2O. The molecule has 2 rings (SSSR count). The molecule has 3 nitrogen and oxygen atoms in total. The van der Waals surface area contributed by atoms with Crippen molar-refractivity contribution in [2.75, 3.05) is 5.32 Å². The zero-order valence-corrected chi connectivity index (χ0v) is 8.52. The van der Waals surface area contributed by atoms with Crippen LogP contribution in [0.5, 0.6) is 0 Å². The van der Waals surface area contributed by atoms with Crippen LogP contribution in [0.3, 0.4) is 0 Å². The Hall–Kier alpha value is -1.84. The summed E-state index contributed by atoms with van der Waals surface area (Å²) in [5.74, 6) is -0.353. The number of hydrogen-bond donors (Lipinski definition) is 2.